The van der Waals surface area contributed by atoms with Crippen LogP contribution in [0.15, 0.2) is 73.2 Å². The van der Waals surface area contributed by atoms with Gasteiger partial charge in [0.15, 0.2) is 0 Å². The van der Waals surface area contributed by atoms with Gasteiger partial charge in [-0.1, -0.05) is 18.2 Å². The summed E-state index contributed by atoms with van der Waals surface area (Å²) in [6, 6.07) is 17.8. The van der Waals surface area contributed by atoms with E-state index < -0.39 is 11.0 Å². The molecule has 2 saturated heterocycles. The second-order valence-electron chi connectivity index (χ2n) is 11.6. The van der Waals surface area contributed by atoms with Crippen LogP contribution in [0.5, 0.6) is 5.75 Å². The largest absolute Gasteiger partial charge is 0.496 e. The molecule has 2 aromatic heterocycles. The number of piperidine rings is 1. The molecule has 44 heavy (non-hydrogen) atoms. The van der Waals surface area contributed by atoms with Crippen molar-refractivity contribution in [2.24, 2.45) is 0 Å². The maximum absolute atomic E-state index is 14.5. The zero-order valence-electron chi connectivity index (χ0n) is 24.6. The van der Waals surface area contributed by atoms with Crippen molar-refractivity contribution >= 4 is 12.3 Å². The van der Waals surface area contributed by atoms with Crippen LogP contribution in [0.1, 0.15) is 47.3 Å². The molecule has 6 rings (SSSR count). The fourth-order valence-corrected chi connectivity index (χ4v) is 6.67. The summed E-state index contributed by atoms with van der Waals surface area (Å²) in [5, 5.41) is 14.4. The zero-order valence-corrected chi connectivity index (χ0v) is 24.6. The molecule has 4 aromatic rings. The molecule has 2 aliphatic rings. The number of ether oxygens (including phenoxy) is 1. The molecule has 2 aliphatic heterocycles. The Balaban J connectivity index is 1.20. The van der Waals surface area contributed by atoms with Crippen molar-refractivity contribution in [1.82, 2.24) is 40.3 Å². The first kappa shape index (κ1) is 29.4. The minimum absolute atomic E-state index is 0.159. The number of amides is 2. The molecule has 1 unspecified atom stereocenters. The maximum Gasteiger partial charge on any atom is 0.257 e. The summed E-state index contributed by atoms with van der Waals surface area (Å²) in [5.41, 5.74) is 1.91. The normalized spacial score (nSPS) is 19.9. The maximum atomic E-state index is 14.5. The molecule has 1 atom stereocenters. The number of aromatic nitrogens is 5. The van der Waals surface area contributed by atoms with Crippen LogP contribution >= 0.6 is 0 Å². The summed E-state index contributed by atoms with van der Waals surface area (Å²) in [6.07, 6.45) is 6.91. The topological polar surface area (TPSA) is 118 Å². The molecule has 0 saturated carbocycles. The molecule has 0 aliphatic carbocycles. The number of carbonyl (C=O) groups is 2. The van der Waals surface area contributed by atoms with Gasteiger partial charge in [-0.15, -0.1) is 5.10 Å². The molecule has 11 nitrogen and oxygen atoms in total. The van der Waals surface area contributed by atoms with Gasteiger partial charge < -0.3 is 19.9 Å². The molecule has 2 aromatic carbocycles. The Kier molecular flexibility index (Phi) is 8.34. The monoisotopic (exact) mass is 598 g/mol. The third-order valence-electron chi connectivity index (χ3n) is 9.21. The van der Waals surface area contributed by atoms with E-state index in [-0.39, 0.29) is 11.7 Å². The van der Waals surface area contributed by atoms with E-state index in [1.165, 1.54) is 24.2 Å². The Morgan fingerprint density at radius 1 is 1.07 bits per heavy atom. The molecule has 0 spiro atoms. The number of carbonyl (C=O) groups excluding carboxylic acids is 2. The van der Waals surface area contributed by atoms with E-state index in [1.54, 1.807) is 36.5 Å². The van der Waals surface area contributed by atoms with Crippen LogP contribution in [0.2, 0.25) is 0 Å². The molecule has 0 bridgehead atoms. The summed E-state index contributed by atoms with van der Waals surface area (Å²) in [6.45, 7) is 3.31. The van der Waals surface area contributed by atoms with Crippen molar-refractivity contribution in [2.75, 3.05) is 39.8 Å². The number of nitrogens with one attached hydrogen (secondary N) is 1. The smallest absolute Gasteiger partial charge is 0.257 e. The lowest BCUT2D eigenvalue weighted by molar-refractivity contribution is -0.112. The van der Waals surface area contributed by atoms with Crippen LogP contribution in [0.3, 0.4) is 0 Å². The standard InChI is InChI=1S/C32H35FN8O3/c1-44-28-9-8-26(41-22-36-37-38-41)20-27(28)30(43)40-18-11-31(21-40,24-5-4-6-25(33)19-24)10-15-39-16-12-32(13-17-39,35-23-42)29-7-2-3-14-34-29/h2-9,14,19-20,22-23H,10-13,15-18,21H2,1H3,(H,35,42). The van der Waals surface area contributed by atoms with E-state index in [2.05, 4.69) is 30.7 Å². The second kappa shape index (κ2) is 12.5. The lowest BCUT2D eigenvalue weighted by Crippen LogP contribution is -2.51. The first-order valence-corrected chi connectivity index (χ1v) is 14.8. The van der Waals surface area contributed by atoms with E-state index in [0.29, 0.717) is 36.5 Å². The summed E-state index contributed by atoms with van der Waals surface area (Å²) in [7, 11) is 1.54. The second-order valence-corrected chi connectivity index (χ2v) is 11.6. The fraction of sp³-hybridized carbons (Fsp3) is 0.375. The Hall–Kier alpha value is -4.71. The predicted octanol–water partition coefficient (Wildman–Crippen LogP) is 3.12. The number of nitrogens with zero attached hydrogens (tertiary/aromatic N) is 7. The van der Waals surface area contributed by atoms with Crippen molar-refractivity contribution in [3.05, 3.63) is 95.8 Å². The van der Waals surface area contributed by atoms with E-state index in [4.69, 9.17) is 4.74 Å². The summed E-state index contributed by atoms with van der Waals surface area (Å²) in [4.78, 5) is 34.3. The van der Waals surface area contributed by atoms with Crippen molar-refractivity contribution in [3.8, 4) is 11.4 Å². The highest BCUT2D eigenvalue weighted by molar-refractivity contribution is 5.97. The van der Waals surface area contributed by atoms with Crippen molar-refractivity contribution < 1.29 is 18.7 Å². The fourth-order valence-electron chi connectivity index (χ4n) is 6.67. The molecular formula is C32H35FN8O3. The van der Waals surface area contributed by atoms with Gasteiger partial charge in [0, 0.05) is 37.8 Å². The summed E-state index contributed by atoms with van der Waals surface area (Å²) >= 11 is 0. The summed E-state index contributed by atoms with van der Waals surface area (Å²) < 4.78 is 21.6. The molecule has 4 heterocycles. The van der Waals surface area contributed by atoms with Gasteiger partial charge in [0.1, 0.15) is 17.9 Å². The number of hydrogen-bond acceptors (Lipinski definition) is 8. The van der Waals surface area contributed by atoms with E-state index in [9.17, 15) is 14.0 Å². The SMILES string of the molecule is COc1ccc(-n2cnnn2)cc1C(=O)N1CCC(CCN2CCC(NC=O)(c3ccccn3)CC2)(c2cccc(F)c2)C1. The highest BCUT2D eigenvalue weighted by Crippen LogP contribution is 2.40. The van der Waals surface area contributed by atoms with Gasteiger partial charge in [0.05, 0.1) is 29.6 Å². The highest BCUT2D eigenvalue weighted by Gasteiger charge is 2.43. The molecule has 2 fully saturated rings. The Bertz CT molecular complexity index is 1590. The molecule has 12 heteroatoms. The van der Waals surface area contributed by atoms with Gasteiger partial charge in [-0.2, -0.15) is 0 Å². The number of likely N-dealkylation sites (tertiary alicyclic amines) is 2. The molecule has 228 valence electrons. The minimum atomic E-state index is -0.494. The van der Waals surface area contributed by atoms with Crippen LogP contribution < -0.4 is 10.1 Å². The first-order chi connectivity index (χ1) is 21.4. The Morgan fingerprint density at radius 2 is 1.93 bits per heavy atom. The average Bonchev–Trinajstić information content (AvgIpc) is 3.76. The number of rotatable bonds is 10. The Morgan fingerprint density at radius 3 is 2.64 bits per heavy atom. The van der Waals surface area contributed by atoms with E-state index in [0.717, 1.165) is 56.6 Å². The molecular weight excluding hydrogens is 563 g/mol. The van der Waals surface area contributed by atoms with Gasteiger partial charge in [-0.25, -0.2) is 9.07 Å². The van der Waals surface area contributed by atoms with Gasteiger partial charge in [0.25, 0.3) is 5.91 Å². The minimum Gasteiger partial charge on any atom is -0.496 e. The number of methoxy groups -OCH3 is 1. The van der Waals surface area contributed by atoms with Crippen molar-refractivity contribution in [3.63, 3.8) is 0 Å². The van der Waals surface area contributed by atoms with E-state index >= 15 is 0 Å². The van der Waals surface area contributed by atoms with Gasteiger partial charge in [0.2, 0.25) is 6.41 Å². The summed E-state index contributed by atoms with van der Waals surface area (Å²) in [5.74, 6) is 0.0114. The lowest BCUT2D eigenvalue weighted by atomic mass is 9.76. The number of hydrogen-bond donors (Lipinski definition) is 1. The molecule has 2 amide bonds. The van der Waals surface area contributed by atoms with E-state index in [1.807, 2.05) is 29.2 Å². The third kappa shape index (κ3) is 5.77. The lowest BCUT2D eigenvalue weighted by Gasteiger charge is -2.42. The van der Waals surface area contributed by atoms with Gasteiger partial charge in [-0.05, 0) is 90.7 Å². The van der Waals surface area contributed by atoms with Crippen LogP contribution in [0, 0.1) is 5.82 Å². The zero-order chi connectivity index (χ0) is 30.6. The predicted molar refractivity (Wildman–Crippen MR) is 160 cm³/mol. The van der Waals surface area contributed by atoms with Crippen LogP contribution in [0.25, 0.3) is 5.69 Å². The third-order valence-corrected chi connectivity index (χ3v) is 9.21. The number of benzene rings is 2. The van der Waals surface area contributed by atoms with Gasteiger partial charge >= 0.3 is 0 Å². The van der Waals surface area contributed by atoms with Crippen LogP contribution in [-0.4, -0.2) is 87.1 Å². The number of pyridine rings is 1. The molecule has 0 radical (unpaired) electrons. The van der Waals surface area contributed by atoms with Crippen LogP contribution in [0.4, 0.5) is 4.39 Å². The van der Waals surface area contributed by atoms with Gasteiger partial charge in [-0.3, -0.25) is 14.6 Å². The van der Waals surface area contributed by atoms with Crippen LogP contribution in [-0.2, 0) is 15.7 Å². The highest BCUT2D eigenvalue weighted by atomic mass is 19.1. The number of halogens is 1. The molecule has 1 N–H and O–H groups in total. The number of tetrazole rings is 1. The average molecular weight is 599 g/mol. The quantitative estimate of drug-likeness (QED) is 0.277. The Labute approximate surface area is 255 Å². The van der Waals surface area contributed by atoms with Crippen molar-refractivity contribution in [2.45, 2.75) is 36.6 Å². The van der Waals surface area contributed by atoms with Crippen molar-refractivity contribution in [1.29, 1.82) is 0 Å². The first-order valence-electron chi connectivity index (χ1n) is 14.8.